The molecule has 1 saturated heterocycles. The summed E-state index contributed by atoms with van der Waals surface area (Å²) in [6, 6.07) is 0.107. The summed E-state index contributed by atoms with van der Waals surface area (Å²) in [5.74, 6) is 0.720. The van der Waals surface area contributed by atoms with E-state index in [1.165, 1.54) is 12.8 Å². The van der Waals surface area contributed by atoms with Crippen LogP contribution in [-0.2, 0) is 9.53 Å². The van der Waals surface area contributed by atoms with Gasteiger partial charge in [0.25, 0.3) is 0 Å². The average molecular weight is 384 g/mol. The lowest BCUT2D eigenvalue weighted by molar-refractivity contribution is -0.126. The fraction of sp³-hybridized carbons (Fsp3) is 0.941. The average Bonchev–Trinajstić information content (AvgIpc) is 2.96. The highest BCUT2D eigenvalue weighted by atomic mass is 35.5. The Labute approximate surface area is 159 Å². The number of morpholine rings is 1. The summed E-state index contributed by atoms with van der Waals surface area (Å²) in [6.07, 6.45) is 6.30. The van der Waals surface area contributed by atoms with Crippen molar-refractivity contribution in [3.63, 3.8) is 0 Å². The quantitative estimate of drug-likeness (QED) is 0.707. The molecule has 1 amide bonds. The summed E-state index contributed by atoms with van der Waals surface area (Å²) in [7, 11) is 0. The Bertz CT molecular complexity index is 358. The van der Waals surface area contributed by atoms with E-state index in [2.05, 4.69) is 24.1 Å². The van der Waals surface area contributed by atoms with Crippen molar-refractivity contribution in [2.45, 2.75) is 64.0 Å². The third-order valence-electron chi connectivity index (χ3n) is 5.11. The molecule has 7 heteroatoms. The maximum Gasteiger partial charge on any atom is 0.222 e. The predicted octanol–water partition coefficient (Wildman–Crippen LogP) is 2.35. The first-order valence-electron chi connectivity index (χ1n) is 8.88. The summed E-state index contributed by atoms with van der Waals surface area (Å²) in [6.45, 7) is 8.36. The standard InChI is InChI=1S/C17H33N3O2.2ClH/c1-14(2)11-15(13-18)19-16(21)12-17(5-3-4-6-17)20-7-9-22-10-8-20;;/h14-15H,3-13,18H2,1-2H3,(H,19,21);2*1H. The van der Waals surface area contributed by atoms with Crippen LogP contribution in [0, 0.1) is 5.92 Å². The number of hydrogen-bond donors (Lipinski definition) is 2. The SMILES string of the molecule is CC(C)CC(CN)NC(=O)CC1(N2CCOCC2)CCCC1.Cl.Cl. The molecule has 0 aromatic rings. The molecule has 144 valence electrons. The summed E-state index contributed by atoms with van der Waals surface area (Å²) < 4.78 is 5.48. The molecule has 5 nitrogen and oxygen atoms in total. The van der Waals surface area contributed by atoms with E-state index in [4.69, 9.17) is 10.5 Å². The minimum Gasteiger partial charge on any atom is -0.379 e. The number of nitrogens with two attached hydrogens (primary N) is 1. The summed E-state index contributed by atoms with van der Waals surface area (Å²) in [4.78, 5) is 15.1. The smallest absolute Gasteiger partial charge is 0.222 e. The van der Waals surface area contributed by atoms with Crippen molar-refractivity contribution >= 4 is 30.7 Å². The number of hydrogen-bond acceptors (Lipinski definition) is 4. The number of nitrogens with one attached hydrogen (secondary N) is 1. The van der Waals surface area contributed by atoms with Gasteiger partial charge in [0.1, 0.15) is 0 Å². The molecule has 2 rings (SSSR count). The minimum absolute atomic E-state index is 0. The van der Waals surface area contributed by atoms with Crippen LogP contribution in [0.15, 0.2) is 0 Å². The monoisotopic (exact) mass is 383 g/mol. The number of rotatable bonds is 7. The number of amides is 1. The van der Waals surface area contributed by atoms with E-state index in [1.54, 1.807) is 0 Å². The maximum absolute atomic E-state index is 12.6. The van der Waals surface area contributed by atoms with Gasteiger partial charge in [0, 0.05) is 37.6 Å². The van der Waals surface area contributed by atoms with Crippen LogP contribution in [0.3, 0.4) is 0 Å². The number of carbonyl (C=O) groups excluding carboxylic acids is 1. The van der Waals surface area contributed by atoms with E-state index in [0.717, 1.165) is 45.6 Å². The zero-order chi connectivity index (χ0) is 16.0. The van der Waals surface area contributed by atoms with Gasteiger partial charge in [-0.2, -0.15) is 0 Å². The number of carbonyl (C=O) groups is 1. The first-order chi connectivity index (χ1) is 10.6. The van der Waals surface area contributed by atoms with Gasteiger partial charge in [0.15, 0.2) is 0 Å². The second-order valence-corrected chi connectivity index (χ2v) is 7.34. The Morgan fingerprint density at radius 2 is 1.79 bits per heavy atom. The molecule has 1 unspecified atom stereocenters. The molecule has 1 aliphatic heterocycles. The topological polar surface area (TPSA) is 67.6 Å². The molecule has 2 fully saturated rings. The molecular weight excluding hydrogens is 349 g/mol. The highest BCUT2D eigenvalue weighted by Gasteiger charge is 2.41. The summed E-state index contributed by atoms with van der Waals surface area (Å²) in [5, 5.41) is 3.17. The van der Waals surface area contributed by atoms with Crippen molar-refractivity contribution in [3.8, 4) is 0 Å². The van der Waals surface area contributed by atoms with Gasteiger partial charge in [-0.1, -0.05) is 26.7 Å². The highest BCUT2D eigenvalue weighted by Crippen LogP contribution is 2.38. The van der Waals surface area contributed by atoms with Gasteiger partial charge in [0.2, 0.25) is 5.91 Å². The van der Waals surface area contributed by atoms with Crippen LogP contribution in [0.5, 0.6) is 0 Å². The van der Waals surface area contributed by atoms with E-state index in [-0.39, 0.29) is 42.3 Å². The largest absolute Gasteiger partial charge is 0.379 e. The van der Waals surface area contributed by atoms with Gasteiger partial charge in [-0.25, -0.2) is 0 Å². The van der Waals surface area contributed by atoms with Crippen LogP contribution >= 0.6 is 24.8 Å². The molecule has 1 atom stereocenters. The van der Waals surface area contributed by atoms with E-state index in [1.807, 2.05) is 0 Å². The van der Waals surface area contributed by atoms with Crippen LogP contribution < -0.4 is 11.1 Å². The van der Waals surface area contributed by atoms with Crippen molar-refractivity contribution in [3.05, 3.63) is 0 Å². The molecule has 24 heavy (non-hydrogen) atoms. The lowest BCUT2D eigenvalue weighted by atomic mass is 9.89. The molecule has 0 aromatic carbocycles. The molecule has 1 heterocycles. The molecule has 0 aromatic heterocycles. The van der Waals surface area contributed by atoms with Crippen LogP contribution in [0.25, 0.3) is 0 Å². The van der Waals surface area contributed by atoms with Crippen molar-refractivity contribution in [1.29, 1.82) is 0 Å². The van der Waals surface area contributed by atoms with Gasteiger partial charge in [-0.05, 0) is 25.2 Å². The van der Waals surface area contributed by atoms with Gasteiger partial charge in [-0.15, -0.1) is 24.8 Å². The van der Waals surface area contributed by atoms with Crippen LogP contribution in [0.4, 0.5) is 0 Å². The Kier molecular flexibility index (Phi) is 11.5. The van der Waals surface area contributed by atoms with Crippen LogP contribution in [0.2, 0.25) is 0 Å². The minimum atomic E-state index is 0. The van der Waals surface area contributed by atoms with Gasteiger partial charge < -0.3 is 15.8 Å². The van der Waals surface area contributed by atoms with Gasteiger partial charge in [0.05, 0.1) is 13.2 Å². The normalized spacial score (nSPS) is 21.7. The fourth-order valence-corrected chi connectivity index (χ4v) is 4.04. The number of nitrogens with zero attached hydrogens (tertiary/aromatic N) is 1. The van der Waals surface area contributed by atoms with E-state index in [9.17, 15) is 4.79 Å². The maximum atomic E-state index is 12.6. The zero-order valence-electron chi connectivity index (χ0n) is 15.1. The van der Waals surface area contributed by atoms with E-state index in [0.29, 0.717) is 18.9 Å². The van der Waals surface area contributed by atoms with Crippen molar-refractivity contribution in [2.24, 2.45) is 11.7 Å². The Morgan fingerprint density at radius 1 is 1.21 bits per heavy atom. The van der Waals surface area contributed by atoms with Crippen LogP contribution in [-0.4, -0.2) is 55.2 Å². The van der Waals surface area contributed by atoms with Crippen molar-refractivity contribution in [1.82, 2.24) is 10.2 Å². The molecule has 1 aliphatic carbocycles. The molecule has 1 saturated carbocycles. The molecule has 0 radical (unpaired) electrons. The second kappa shape index (κ2) is 11.5. The molecule has 0 spiro atoms. The van der Waals surface area contributed by atoms with Crippen molar-refractivity contribution < 1.29 is 9.53 Å². The Morgan fingerprint density at radius 3 is 2.29 bits per heavy atom. The third-order valence-corrected chi connectivity index (χ3v) is 5.11. The van der Waals surface area contributed by atoms with Crippen LogP contribution in [0.1, 0.15) is 52.4 Å². The highest BCUT2D eigenvalue weighted by molar-refractivity contribution is 5.85. The fourth-order valence-electron chi connectivity index (χ4n) is 4.04. The van der Waals surface area contributed by atoms with E-state index < -0.39 is 0 Å². The molecule has 0 bridgehead atoms. The molecular formula is C17H35Cl2N3O2. The van der Waals surface area contributed by atoms with E-state index >= 15 is 0 Å². The lowest BCUT2D eigenvalue weighted by Gasteiger charge is -2.43. The first-order valence-corrected chi connectivity index (χ1v) is 8.88. The van der Waals surface area contributed by atoms with Gasteiger partial charge >= 0.3 is 0 Å². The Hall–Kier alpha value is -0.0700. The third kappa shape index (κ3) is 6.68. The first kappa shape index (κ1) is 23.9. The molecule has 3 N–H and O–H groups in total. The zero-order valence-corrected chi connectivity index (χ0v) is 16.7. The Balaban J connectivity index is 0.00000264. The summed E-state index contributed by atoms with van der Waals surface area (Å²) >= 11 is 0. The number of ether oxygens (including phenoxy) is 1. The second-order valence-electron chi connectivity index (χ2n) is 7.34. The number of halogens is 2. The molecule has 2 aliphatic rings. The predicted molar refractivity (Wildman–Crippen MR) is 103 cm³/mol. The van der Waals surface area contributed by atoms with Gasteiger partial charge in [-0.3, -0.25) is 9.69 Å². The lowest BCUT2D eigenvalue weighted by Crippen LogP contribution is -2.55. The van der Waals surface area contributed by atoms with Crippen molar-refractivity contribution in [2.75, 3.05) is 32.8 Å². The summed E-state index contributed by atoms with van der Waals surface area (Å²) in [5.41, 5.74) is 5.87.